The van der Waals surface area contributed by atoms with Crippen LogP contribution in [-0.4, -0.2) is 6.26 Å². The number of fused-ring (bicyclic) bond motifs is 1. The minimum absolute atomic E-state index is 1.36. The molecule has 0 spiro atoms. The first-order valence-electron chi connectivity index (χ1n) is 5.35. The topological polar surface area (TPSA) is 0 Å². The molecule has 80 valence electrons. The fourth-order valence-corrected chi connectivity index (χ4v) is 2.20. The van der Waals surface area contributed by atoms with E-state index in [9.17, 15) is 0 Å². The van der Waals surface area contributed by atoms with E-state index in [1.807, 2.05) is 13.8 Å². The predicted octanol–water partition coefficient (Wildman–Crippen LogP) is 4.90. The maximum absolute atomic E-state index is 2.20. The first-order chi connectivity index (χ1) is 7.33. The van der Waals surface area contributed by atoms with Gasteiger partial charge in [0.05, 0.1) is 0 Å². The quantitative estimate of drug-likeness (QED) is 0.614. The third-order valence-corrected chi connectivity index (χ3v) is 3.12. The molecular formula is C14H18S. The van der Waals surface area contributed by atoms with Crippen LogP contribution < -0.4 is 0 Å². The summed E-state index contributed by atoms with van der Waals surface area (Å²) in [6.07, 6.45) is 2.12. The molecule has 0 radical (unpaired) electrons. The molecule has 0 aliphatic carbocycles. The molecule has 0 saturated carbocycles. The second kappa shape index (κ2) is 5.82. The first kappa shape index (κ1) is 12.1. The average molecular weight is 218 g/mol. The third-order valence-electron chi connectivity index (χ3n) is 2.32. The number of rotatable bonds is 1. The molecule has 0 atom stereocenters. The lowest BCUT2D eigenvalue weighted by Gasteiger charge is -2.05. The van der Waals surface area contributed by atoms with Crippen LogP contribution in [0.3, 0.4) is 0 Å². The maximum atomic E-state index is 2.20. The van der Waals surface area contributed by atoms with Gasteiger partial charge in [-0.1, -0.05) is 44.2 Å². The Kier molecular flexibility index (Phi) is 4.70. The molecule has 0 N–H and O–H groups in total. The highest BCUT2D eigenvalue weighted by atomic mass is 32.2. The van der Waals surface area contributed by atoms with Gasteiger partial charge in [0.2, 0.25) is 0 Å². The minimum Gasteiger partial charge on any atom is -0.129 e. The molecule has 0 saturated heterocycles. The van der Waals surface area contributed by atoms with Crippen molar-refractivity contribution in [3.05, 3.63) is 42.0 Å². The summed E-state index contributed by atoms with van der Waals surface area (Å²) in [6, 6.07) is 13.0. The molecule has 0 fully saturated rings. The van der Waals surface area contributed by atoms with E-state index < -0.39 is 0 Å². The van der Waals surface area contributed by atoms with Crippen molar-refractivity contribution in [2.75, 3.05) is 6.26 Å². The van der Waals surface area contributed by atoms with E-state index >= 15 is 0 Å². The van der Waals surface area contributed by atoms with Crippen LogP contribution in [0.25, 0.3) is 10.8 Å². The average Bonchev–Trinajstić information content (AvgIpc) is 2.33. The van der Waals surface area contributed by atoms with Gasteiger partial charge in [0.15, 0.2) is 0 Å². The second-order valence-corrected chi connectivity index (χ2v) is 3.98. The summed E-state index contributed by atoms with van der Waals surface area (Å²) in [7, 11) is 0. The summed E-state index contributed by atoms with van der Waals surface area (Å²) < 4.78 is 0. The Morgan fingerprint density at radius 3 is 2.07 bits per heavy atom. The van der Waals surface area contributed by atoms with E-state index in [0.29, 0.717) is 0 Å². The summed E-state index contributed by atoms with van der Waals surface area (Å²) in [6.45, 7) is 6.16. The van der Waals surface area contributed by atoms with Crippen molar-refractivity contribution in [1.82, 2.24) is 0 Å². The second-order valence-electron chi connectivity index (χ2n) is 3.13. The standard InChI is InChI=1S/C12H12S.C2H6/c1-9-7-8-12(13-2)11-6-4-3-5-10(9)11;1-2/h3-8H,1-2H3;1-2H3. The molecule has 0 heterocycles. The lowest BCUT2D eigenvalue weighted by atomic mass is 10.1. The van der Waals surface area contributed by atoms with Gasteiger partial charge < -0.3 is 0 Å². The van der Waals surface area contributed by atoms with Crippen LogP contribution in [0, 0.1) is 6.92 Å². The van der Waals surface area contributed by atoms with Gasteiger partial charge in [-0.05, 0) is 35.6 Å². The van der Waals surface area contributed by atoms with Crippen molar-refractivity contribution in [2.45, 2.75) is 25.7 Å². The molecule has 0 aliphatic rings. The number of benzene rings is 2. The van der Waals surface area contributed by atoms with Gasteiger partial charge in [-0.15, -0.1) is 11.8 Å². The van der Waals surface area contributed by atoms with Gasteiger partial charge in [0.25, 0.3) is 0 Å². The van der Waals surface area contributed by atoms with Gasteiger partial charge >= 0.3 is 0 Å². The molecule has 0 bridgehead atoms. The first-order valence-corrected chi connectivity index (χ1v) is 6.58. The van der Waals surface area contributed by atoms with E-state index in [1.54, 1.807) is 11.8 Å². The normalized spacial score (nSPS) is 9.60. The zero-order chi connectivity index (χ0) is 11.3. The highest BCUT2D eigenvalue weighted by Gasteiger charge is 2.00. The number of hydrogen-bond acceptors (Lipinski definition) is 1. The molecule has 2 aromatic carbocycles. The third kappa shape index (κ3) is 2.54. The van der Waals surface area contributed by atoms with Gasteiger partial charge in [-0.25, -0.2) is 0 Å². The Balaban J connectivity index is 0.000000531. The Bertz CT molecular complexity index is 432. The largest absolute Gasteiger partial charge is 0.129 e. The van der Waals surface area contributed by atoms with Crippen molar-refractivity contribution in [2.24, 2.45) is 0 Å². The van der Waals surface area contributed by atoms with Crippen molar-refractivity contribution >= 4 is 22.5 Å². The van der Waals surface area contributed by atoms with E-state index in [0.717, 1.165) is 0 Å². The predicted molar refractivity (Wildman–Crippen MR) is 71.8 cm³/mol. The van der Waals surface area contributed by atoms with Crippen LogP contribution >= 0.6 is 11.8 Å². The Morgan fingerprint density at radius 1 is 0.867 bits per heavy atom. The summed E-state index contributed by atoms with van der Waals surface area (Å²) >= 11 is 1.81. The van der Waals surface area contributed by atoms with E-state index in [4.69, 9.17) is 0 Å². The molecule has 0 nitrogen and oxygen atoms in total. The molecular weight excluding hydrogens is 200 g/mol. The Morgan fingerprint density at radius 2 is 1.47 bits per heavy atom. The van der Waals surface area contributed by atoms with Crippen LogP contribution in [0.2, 0.25) is 0 Å². The zero-order valence-electron chi connectivity index (χ0n) is 9.87. The summed E-state index contributed by atoms with van der Waals surface area (Å²) in [5, 5.41) is 2.74. The van der Waals surface area contributed by atoms with Crippen molar-refractivity contribution in [3.8, 4) is 0 Å². The maximum Gasteiger partial charge on any atom is 0.0148 e. The molecule has 15 heavy (non-hydrogen) atoms. The molecule has 0 aliphatic heterocycles. The Hall–Kier alpha value is -0.950. The van der Waals surface area contributed by atoms with Crippen LogP contribution in [0.5, 0.6) is 0 Å². The van der Waals surface area contributed by atoms with Crippen LogP contribution in [0.4, 0.5) is 0 Å². The van der Waals surface area contributed by atoms with Crippen LogP contribution in [-0.2, 0) is 0 Å². The molecule has 2 rings (SSSR count). The van der Waals surface area contributed by atoms with Gasteiger partial charge in [0.1, 0.15) is 0 Å². The molecule has 2 aromatic rings. The van der Waals surface area contributed by atoms with E-state index in [2.05, 4.69) is 49.6 Å². The van der Waals surface area contributed by atoms with Crippen molar-refractivity contribution < 1.29 is 0 Å². The highest BCUT2D eigenvalue weighted by Crippen LogP contribution is 2.28. The van der Waals surface area contributed by atoms with Crippen molar-refractivity contribution in [1.29, 1.82) is 0 Å². The fraction of sp³-hybridized carbons (Fsp3) is 0.286. The summed E-state index contributed by atoms with van der Waals surface area (Å²) in [5.41, 5.74) is 1.36. The van der Waals surface area contributed by atoms with Crippen molar-refractivity contribution in [3.63, 3.8) is 0 Å². The highest BCUT2D eigenvalue weighted by molar-refractivity contribution is 7.98. The minimum atomic E-state index is 1.36. The SMILES string of the molecule is CC.CSc1ccc(C)c2ccccc12. The lowest BCUT2D eigenvalue weighted by Crippen LogP contribution is -1.80. The lowest BCUT2D eigenvalue weighted by molar-refractivity contribution is 1.46. The number of aryl methyl sites for hydroxylation is 1. The molecule has 0 aromatic heterocycles. The van der Waals surface area contributed by atoms with Gasteiger partial charge in [-0.2, -0.15) is 0 Å². The molecule has 0 unspecified atom stereocenters. The number of hydrogen-bond donors (Lipinski definition) is 0. The number of thioether (sulfide) groups is 1. The van der Waals surface area contributed by atoms with E-state index in [-0.39, 0.29) is 0 Å². The van der Waals surface area contributed by atoms with Gasteiger partial charge in [0, 0.05) is 4.90 Å². The fourth-order valence-electron chi connectivity index (χ4n) is 1.60. The smallest absolute Gasteiger partial charge is 0.0148 e. The molecule has 0 amide bonds. The monoisotopic (exact) mass is 218 g/mol. The van der Waals surface area contributed by atoms with Crippen LogP contribution in [0.15, 0.2) is 41.3 Å². The zero-order valence-corrected chi connectivity index (χ0v) is 10.7. The summed E-state index contributed by atoms with van der Waals surface area (Å²) in [5.74, 6) is 0. The Labute approximate surface area is 96.7 Å². The summed E-state index contributed by atoms with van der Waals surface area (Å²) in [4.78, 5) is 1.36. The molecule has 1 heteroatoms. The van der Waals surface area contributed by atoms with Crippen LogP contribution in [0.1, 0.15) is 19.4 Å². The van der Waals surface area contributed by atoms with E-state index in [1.165, 1.54) is 21.2 Å². The van der Waals surface area contributed by atoms with Gasteiger partial charge in [-0.3, -0.25) is 0 Å².